The van der Waals surface area contributed by atoms with Gasteiger partial charge in [-0.15, -0.1) is 0 Å². The third-order valence-electron chi connectivity index (χ3n) is 4.17. The van der Waals surface area contributed by atoms with Crippen LogP contribution in [0.2, 0.25) is 5.02 Å². The minimum Gasteiger partial charge on any atom is -0.494 e. The molecule has 3 aromatic carbocycles. The zero-order valence-corrected chi connectivity index (χ0v) is 17.2. The molecule has 6 nitrogen and oxygen atoms in total. The highest BCUT2D eigenvalue weighted by Gasteiger charge is 2.08. The third-order valence-corrected chi connectivity index (χ3v) is 4.50. The van der Waals surface area contributed by atoms with E-state index in [1.54, 1.807) is 60.7 Å². The fraction of sp³-hybridized carbons (Fsp3) is 0.130. The normalized spacial score (nSPS) is 10.2. The fourth-order valence-corrected chi connectivity index (χ4v) is 2.90. The zero-order valence-electron chi connectivity index (χ0n) is 16.4. The summed E-state index contributed by atoms with van der Waals surface area (Å²) in [5, 5.41) is 9.14. The molecule has 0 radical (unpaired) electrons. The molecule has 0 saturated heterocycles. The lowest BCUT2D eigenvalue weighted by molar-refractivity contribution is -0.114. The number of carbonyl (C=O) groups is 2. The summed E-state index contributed by atoms with van der Waals surface area (Å²) in [4.78, 5) is 24.5. The lowest BCUT2D eigenvalue weighted by atomic mass is 10.2. The number of para-hydroxylation sites is 1. The van der Waals surface area contributed by atoms with Crippen molar-refractivity contribution in [3.05, 3.63) is 83.4 Å². The lowest BCUT2D eigenvalue weighted by Gasteiger charge is -2.10. The van der Waals surface area contributed by atoms with Gasteiger partial charge in [-0.05, 0) is 67.6 Å². The van der Waals surface area contributed by atoms with E-state index in [0.717, 1.165) is 5.75 Å². The Balaban J connectivity index is 1.51. The van der Waals surface area contributed by atoms with E-state index < -0.39 is 0 Å². The van der Waals surface area contributed by atoms with Crippen molar-refractivity contribution in [1.29, 1.82) is 0 Å². The molecule has 0 heterocycles. The maximum absolute atomic E-state index is 12.4. The first-order chi connectivity index (χ1) is 14.5. The van der Waals surface area contributed by atoms with Gasteiger partial charge in [-0.1, -0.05) is 23.7 Å². The Bertz CT molecular complexity index is 1000. The zero-order chi connectivity index (χ0) is 21.3. The molecule has 3 N–H and O–H groups in total. The molecule has 154 valence electrons. The number of benzene rings is 3. The van der Waals surface area contributed by atoms with E-state index in [9.17, 15) is 9.59 Å². The van der Waals surface area contributed by atoms with Crippen molar-refractivity contribution < 1.29 is 14.3 Å². The van der Waals surface area contributed by atoms with Gasteiger partial charge in [0, 0.05) is 16.9 Å². The van der Waals surface area contributed by atoms with E-state index in [1.165, 1.54) is 0 Å². The van der Waals surface area contributed by atoms with Crippen LogP contribution in [0.15, 0.2) is 72.8 Å². The minimum atomic E-state index is -0.238. The number of ether oxygens (including phenoxy) is 1. The minimum absolute atomic E-state index is 0.0731. The van der Waals surface area contributed by atoms with Crippen LogP contribution in [0.1, 0.15) is 17.3 Å². The van der Waals surface area contributed by atoms with Crippen LogP contribution in [-0.4, -0.2) is 25.0 Å². The molecule has 0 atom stereocenters. The van der Waals surface area contributed by atoms with Crippen molar-refractivity contribution in [3.8, 4) is 5.75 Å². The maximum atomic E-state index is 12.4. The Kier molecular flexibility index (Phi) is 7.29. The van der Waals surface area contributed by atoms with E-state index in [4.69, 9.17) is 16.3 Å². The maximum Gasteiger partial charge on any atom is 0.255 e. The van der Waals surface area contributed by atoms with E-state index in [2.05, 4.69) is 16.0 Å². The van der Waals surface area contributed by atoms with Gasteiger partial charge < -0.3 is 20.7 Å². The molecule has 0 bridgehead atoms. The molecule has 3 rings (SSSR count). The van der Waals surface area contributed by atoms with Crippen LogP contribution in [-0.2, 0) is 4.79 Å². The largest absolute Gasteiger partial charge is 0.494 e. The number of rotatable bonds is 8. The van der Waals surface area contributed by atoms with Crippen molar-refractivity contribution in [1.82, 2.24) is 0 Å². The Morgan fingerprint density at radius 2 is 1.50 bits per heavy atom. The fourth-order valence-electron chi connectivity index (χ4n) is 2.69. The number of carbonyl (C=O) groups excluding carboxylic acids is 2. The molecule has 30 heavy (non-hydrogen) atoms. The van der Waals surface area contributed by atoms with Crippen LogP contribution in [0.5, 0.6) is 5.75 Å². The summed E-state index contributed by atoms with van der Waals surface area (Å²) in [5.74, 6) is 0.290. The average Bonchev–Trinajstić information content (AvgIpc) is 2.75. The van der Waals surface area contributed by atoms with E-state index in [1.807, 2.05) is 19.1 Å². The van der Waals surface area contributed by atoms with Gasteiger partial charge in [0.15, 0.2) is 0 Å². The number of nitrogens with one attached hydrogen (secondary N) is 3. The molecule has 0 aliphatic heterocycles. The van der Waals surface area contributed by atoms with Crippen molar-refractivity contribution in [2.75, 3.05) is 29.1 Å². The summed E-state index contributed by atoms with van der Waals surface area (Å²) in [7, 11) is 0. The topological polar surface area (TPSA) is 79.5 Å². The molecule has 0 saturated carbocycles. The summed E-state index contributed by atoms with van der Waals surface area (Å²) in [6.07, 6.45) is 0. The average molecular weight is 424 g/mol. The Labute approximate surface area is 180 Å². The van der Waals surface area contributed by atoms with Gasteiger partial charge in [0.1, 0.15) is 5.75 Å². The number of halogens is 1. The van der Waals surface area contributed by atoms with Gasteiger partial charge in [-0.25, -0.2) is 0 Å². The van der Waals surface area contributed by atoms with E-state index in [-0.39, 0.29) is 18.4 Å². The predicted octanol–water partition coefficient (Wildman–Crippen LogP) is 5.04. The van der Waals surface area contributed by atoms with Gasteiger partial charge in [-0.3, -0.25) is 9.59 Å². The Morgan fingerprint density at radius 1 is 0.867 bits per heavy atom. The summed E-state index contributed by atoms with van der Waals surface area (Å²) in [6, 6.07) is 21.0. The summed E-state index contributed by atoms with van der Waals surface area (Å²) >= 11 is 6.06. The van der Waals surface area contributed by atoms with Gasteiger partial charge in [0.2, 0.25) is 5.91 Å². The second kappa shape index (κ2) is 10.3. The summed E-state index contributed by atoms with van der Waals surface area (Å²) < 4.78 is 5.39. The number of amides is 2. The molecule has 0 aromatic heterocycles. The van der Waals surface area contributed by atoms with Gasteiger partial charge >= 0.3 is 0 Å². The van der Waals surface area contributed by atoms with Gasteiger partial charge in [0.05, 0.1) is 23.9 Å². The monoisotopic (exact) mass is 423 g/mol. The second-order valence-corrected chi connectivity index (χ2v) is 6.78. The van der Waals surface area contributed by atoms with Crippen LogP contribution < -0.4 is 20.7 Å². The number of anilines is 3. The van der Waals surface area contributed by atoms with Gasteiger partial charge in [0.25, 0.3) is 5.91 Å². The van der Waals surface area contributed by atoms with E-state index >= 15 is 0 Å². The van der Waals surface area contributed by atoms with Crippen molar-refractivity contribution in [3.63, 3.8) is 0 Å². The molecule has 2 amide bonds. The van der Waals surface area contributed by atoms with Crippen LogP contribution in [0.25, 0.3) is 0 Å². The smallest absolute Gasteiger partial charge is 0.255 e. The highest BCUT2D eigenvalue weighted by Crippen LogP contribution is 2.20. The van der Waals surface area contributed by atoms with Crippen molar-refractivity contribution in [2.45, 2.75) is 6.92 Å². The molecule has 0 aliphatic carbocycles. The summed E-state index contributed by atoms with van der Waals surface area (Å²) in [5.41, 5.74) is 2.44. The molecule has 0 fully saturated rings. The standard InChI is InChI=1S/C23H22ClN3O3/c1-2-30-19-13-11-18(12-14-19)27-23(29)16-7-9-17(10-8-16)26-22(28)15-25-21-6-4-3-5-20(21)24/h3-14,25H,2,15H2,1H3,(H,26,28)(H,27,29). The van der Waals surface area contributed by atoms with Crippen LogP contribution >= 0.6 is 11.6 Å². The number of hydrogen-bond donors (Lipinski definition) is 3. The summed E-state index contributed by atoms with van der Waals surface area (Å²) in [6.45, 7) is 2.57. The molecule has 0 aliphatic rings. The Hall–Kier alpha value is -3.51. The van der Waals surface area contributed by atoms with Crippen molar-refractivity contribution in [2.24, 2.45) is 0 Å². The molecule has 0 unspecified atom stereocenters. The quantitative estimate of drug-likeness (QED) is 0.474. The first kappa shape index (κ1) is 21.2. The first-order valence-corrected chi connectivity index (χ1v) is 9.85. The van der Waals surface area contributed by atoms with Crippen LogP contribution in [0.4, 0.5) is 17.1 Å². The van der Waals surface area contributed by atoms with Crippen LogP contribution in [0, 0.1) is 0 Å². The third kappa shape index (κ3) is 5.99. The van der Waals surface area contributed by atoms with Crippen molar-refractivity contribution >= 4 is 40.5 Å². The second-order valence-electron chi connectivity index (χ2n) is 6.37. The molecular formula is C23H22ClN3O3. The lowest BCUT2D eigenvalue weighted by Crippen LogP contribution is -2.22. The predicted molar refractivity (Wildman–Crippen MR) is 121 cm³/mol. The SMILES string of the molecule is CCOc1ccc(NC(=O)c2ccc(NC(=O)CNc3ccccc3Cl)cc2)cc1. The first-order valence-electron chi connectivity index (χ1n) is 9.47. The number of hydrogen-bond acceptors (Lipinski definition) is 4. The molecule has 0 spiro atoms. The van der Waals surface area contributed by atoms with E-state index in [0.29, 0.717) is 34.3 Å². The Morgan fingerprint density at radius 3 is 2.17 bits per heavy atom. The molecular weight excluding hydrogens is 402 g/mol. The van der Waals surface area contributed by atoms with Crippen LogP contribution in [0.3, 0.4) is 0 Å². The highest BCUT2D eigenvalue weighted by molar-refractivity contribution is 6.33. The highest BCUT2D eigenvalue weighted by atomic mass is 35.5. The molecule has 3 aromatic rings. The van der Waals surface area contributed by atoms with Gasteiger partial charge in [-0.2, -0.15) is 0 Å². The molecule has 7 heteroatoms.